The van der Waals surface area contributed by atoms with E-state index in [9.17, 15) is 10.1 Å². The molecule has 1 aromatic rings. The Labute approximate surface area is 107 Å². The minimum Gasteiger partial charge on any atom is -0.396 e. The fraction of sp³-hybridized carbons (Fsp3) is 0.538. The van der Waals surface area contributed by atoms with Crippen LogP contribution in [0, 0.1) is 10.1 Å². The normalized spacial score (nSPS) is 10.5. The van der Waals surface area contributed by atoms with Crippen LogP contribution in [0.4, 0.5) is 5.69 Å². The smallest absolute Gasteiger partial charge is 0.272 e. The van der Waals surface area contributed by atoms with Gasteiger partial charge in [0.05, 0.1) is 4.92 Å². The Morgan fingerprint density at radius 2 is 1.94 bits per heavy atom. The van der Waals surface area contributed by atoms with Crippen molar-refractivity contribution in [3.63, 3.8) is 0 Å². The fourth-order valence-electron chi connectivity index (χ4n) is 1.79. The molecule has 2 N–H and O–H groups in total. The Balaban J connectivity index is 2.25. The van der Waals surface area contributed by atoms with Crippen molar-refractivity contribution in [2.45, 2.75) is 25.7 Å². The number of nitrogens with one attached hydrogen (secondary N) is 1. The molecule has 0 aliphatic carbocycles. The Hall–Kier alpha value is -1.46. The number of rotatable bonds is 9. The van der Waals surface area contributed by atoms with Gasteiger partial charge in [-0.3, -0.25) is 10.1 Å². The zero-order chi connectivity index (χ0) is 13.2. The van der Waals surface area contributed by atoms with Gasteiger partial charge in [-0.25, -0.2) is 0 Å². The van der Waals surface area contributed by atoms with Gasteiger partial charge < -0.3 is 10.4 Å². The summed E-state index contributed by atoms with van der Waals surface area (Å²) in [6.45, 7) is 1.88. The third-order valence-corrected chi connectivity index (χ3v) is 2.77. The number of benzene rings is 1. The molecule has 100 valence electrons. The van der Waals surface area contributed by atoms with E-state index < -0.39 is 0 Å². The predicted octanol–water partition coefficient (Wildman–Crippen LogP) is 1.89. The molecule has 0 saturated carbocycles. The number of aliphatic hydroxyl groups excluding tert-OH is 1. The van der Waals surface area contributed by atoms with Gasteiger partial charge in [0.2, 0.25) is 0 Å². The van der Waals surface area contributed by atoms with Crippen LogP contribution in [0.2, 0.25) is 0 Å². The van der Waals surface area contributed by atoms with E-state index in [1.807, 2.05) is 6.07 Å². The second kappa shape index (κ2) is 8.60. The van der Waals surface area contributed by atoms with Crippen molar-refractivity contribution in [1.29, 1.82) is 0 Å². The van der Waals surface area contributed by atoms with Crippen molar-refractivity contribution >= 4 is 5.69 Å². The average molecular weight is 252 g/mol. The lowest BCUT2D eigenvalue weighted by atomic mass is 10.1. The summed E-state index contributed by atoms with van der Waals surface area (Å²) >= 11 is 0. The van der Waals surface area contributed by atoms with E-state index >= 15 is 0 Å². The zero-order valence-corrected chi connectivity index (χ0v) is 10.5. The molecule has 0 aliphatic rings. The summed E-state index contributed by atoms with van der Waals surface area (Å²) in [4.78, 5) is 10.5. The van der Waals surface area contributed by atoms with Gasteiger partial charge in [-0.1, -0.05) is 18.2 Å². The van der Waals surface area contributed by atoms with Gasteiger partial charge in [0.15, 0.2) is 0 Å². The van der Waals surface area contributed by atoms with Crippen LogP contribution in [-0.2, 0) is 6.42 Å². The van der Waals surface area contributed by atoms with E-state index in [0.29, 0.717) is 6.42 Å². The van der Waals surface area contributed by atoms with E-state index in [2.05, 4.69) is 5.32 Å². The lowest BCUT2D eigenvalue weighted by Gasteiger charge is -2.05. The first kappa shape index (κ1) is 14.6. The quantitative estimate of drug-likeness (QED) is 0.400. The van der Waals surface area contributed by atoms with E-state index in [-0.39, 0.29) is 17.2 Å². The summed E-state index contributed by atoms with van der Waals surface area (Å²) in [5.41, 5.74) is 0.963. The van der Waals surface area contributed by atoms with Gasteiger partial charge in [0, 0.05) is 18.2 Å². The highest BCUT2D eigenvalue weighted by Crippen LogP contribution is 2.17. The molecule has 0 aromatic heterocycles. The van der Waals surface area contributed by atoms with Crippen molar-refractivity contribution in [2.24, 2.45) is 0 Å². The van der Waals surface area contributed by atoms with Crippen LogP contribution in [0.5, 0.6) is 0 Å². The first-order valence-electron chi connectivity index (χ1n) is 6.29. The molecule has 0 saturated heterocycles. The lowest BCUT2D eigenvalue weighted by molar-refractivity contribution is -0.385. The molecule has 18 heavy (non-hydrogen) atoms. The highest BCUT2D eigenvalue weighted by molar-refractivity contribution is 5.39. The third-order valence-electron chi connectivity index (χ3n) is 2.77. The molecular weight excluding hydrogens is 232 g/mol. The monoisotopic (exact) mass is 252 g/mol. The number of nitro benzene ring substituents is 1. The Morgan fingerprint density at radius 3 is 2.67 bits per heavy atom. The summed E-state index contributed by atoms with van der Waals surface area (Å²) in [5.74, 6) is 0. The van der Waals surface area contributed by atoms with E-state index in [4.69, 9.17) is 5.11 Å². The molecule has 0 bridgehead atoms. The van der Waals surface area contributed by atoms with Gasteiger partial charge in [-0.05, 0) is 38.8 Å². The van der Waals surface area contributed by atoms with Gasteiger partial charge in [0.25, 0.3) is 5.69 Å². The second-order valence-corrected chi connectivity index (χ2v) is 4.17. The summed E-state index contributed by atoms with van der Waals surface area (Å²) in [6, 6.07) is 6.84. The first-order valence-corrected chi connectivity index (χ1v) is 6.29. The van der Waals surface area contributed by atoms with Gasteiger partial charge in [-0.15, -0.1) is 0 Å². The van der Waals surface area contributed by atoms with E-state index in [0.717, 1.165) is 37.9 Å². The first-order chi connectivity index (χ1) is 8.75. The number of aliphatic hydroxyl groups is 1. The van der Waals surface area contributed by atoms with Gasteiger partial charge >= 0.3 is 0 Å². The fourth-order valence-corrected chi connectivity index (χ4v) is 1.79. The maximum atomic E-state index is 10.8. The molecule has 5 heteroatoms. The number of para-hydroxylation sites is 1. The van der Waals surface area contributed by atoms with Crippen molar-refractivity contribution in [3.05, 3.63) is 39.9 Å². The highest BCUT2D eigenvalue weighted by atomic mass is 16.6. The van der Waals surface area contributed by atoms with Gasteiger partial charge in [0.1, 0.15) is 0 Å². The number of hydrogen-bond donors (Lipinski definition) is 2. The largest absolute Gasteiger partial charge is 0.396 e. The molecule has 0 aliphatic heterocycles. The molecule has 0 atom stereocenters. The molecule has 0 spiro atoms. The number of unbranched alkanes of at least 4 members (excludes halogenated alkanes) is 2. The summed E-state index contributed by atoms with van der Waals surface area (Å²) in [7, 11) is 0. The number of hydrogen-bond acceptors (Lipinski definition) is 4. The van der Waals surface area contributed by atoms with Crippen molar-refractivity contribution < 1.29 is 10.0 Å². The molecule has 0 fully saturated rings. The van der Waals surface area contributed by atoms with Crippen LogP contribution < -0.4 is 5.32 Å². The zero-order valence-electron chi connectivity index (χ0n) is 10.5. The molecule has 5 nitrogen and oxygen atoms in total. The van der Waals surface area contributed by atoms with Gasteiger partial charge in [-0.2, -0.15) is 0 Å². The van der Waals surface area contributed by atoms with Crippen molar-refractivity contribution in [3.8, 4) is 0 Å². The van der Waals surface area contributed by atoms with Crippen LogP contribution in [0.1, 0.15) is 24.8 Å². The van der Waals surface area contributed by atoms with Crippen LogP contribution in [-0.4, -0.2) is 29.7 Å². The standard InChI is InChI=1S/C13H20N2O3/c16-11-5-1-4-9-14-10-8-12-6-2-3-7-13(12)15(17)18/h2-3,6-7,14,16H,1,4-5,8-11H2. The third kappa shape index (κ3) is 5.25. The van der Waals surface area contributed by atoms with Crippen LogP contribution >= 0.6 is 0 Å². The van der Waals surface area contributed by atoms with Crippen LogP contribution in [0.15, 0.2) is 24.3 Å². The maximum Gasteiger partial charge on any atom is 0.272 e. The van der Waals surface area contributed by atoms with Crippen LogP contribution in [0.3, 0.4) is 0 Å². The minimum absolute atomic E-state index is 0.194. The molecule has 0 amide bonds. The average Bonchev–Trinajstić information content (AvgIpc) is 2.38. The van der Waals surface area contributed by atoms with E-state index in [1.54, 1.807) is 12.1 Å². The van der Waals surface area contributed by atoms with E-state index in [1.165, 1.54) is 6.07 Å². The topological polar surface area (TPSA) is 75.4 Å². The minimum atomic E-state index is -0.337. The molecular formula is C13H20N2O3. The van der Waals surface area contributed by atoms with Crippen molar-refractivity contribution in [2.75, 3.05) is 19.7 Å². The molecule has 1 rings (SSSR count). The summed E-state index contributed by atoms with van der Waals surface area (Å²) in [5, 5.41) is 22.7. The van der Waals surface area contributed by atoms with Crippen LogP contribution in [0.25, 0.3) is 0 Å². The summed E-state index contributed by atoms with van der Waals surface area (Å²) in [6.07, 6.45) is 3.54. The lowest BCUT2D eigenvalue weighted by Crippen LogP contribution is -2.18. The number of nitrogens with zero attached hydrogens (tertiary/aromatic N) is 1. The maximum absolute atomic E-state index is 10.8. The molecule has 1 aromatic carbocycles. The Bertz CT molecular complexity index is 369. The SMILES string of the molecule is O=[N+]([O-])c1ccccc1CCNCCCCCO. The molecule has 0 unspecified atom stereocenters. The number of nitro groups is 1. The molecule has 0 radical (unpaired) electrons. The second-order valence-electron chi connectivity index (χ2n) is 4.17. The Kier molecular flexibility index (Phi) is 6.98. The predicted molar refractivity (Wildman–Crippen MR) is 70.6 cm³/mol. The summed E-state index contributed by atoms with van der Waals surface area (Å²) < 4.78 is 0. The Morgan fingerprint density at radius 1 is 1.17 bits per heavy atom. The highest BCUT2D eigenvalue weighted by Gasteiger charge is 2.10. The van der Waals surface area contributed by atoms with Crippen molar-refractivity contribution in [1.82, 2.24) is 5.32 Å². The molecule has 0 heterocycles.